The van der Waals surface area contributed by atoms with Crippen molar-refractivity contribution in [1.29, 1.82) is 0 Å². The molecule has 1 aliphatic carbocycles. The molecule has 2 aromatic carbocycles. The third kappa shape index (κ3) is 8.67. The number of alkyl halides is 3. The zero-order chi connectivity index (χ0) is 27.0. The molecule has 0 amide bonds. The van der Waals surface area contributed by atoms with E-state index >= 15 is 0 Å². The molecule has 1 saturated carbocycles. The molecule has 0 radical (unpaired) electrons. The normalized spacial score (nSPS) is 24.9. The van der Waals surface area contributed by atoms with Crippen LogP contribution in [0, 0.1) is 17.8 Å². The van der Waals surface area contributed by atoms with E-state index in [1.165, 1.54) is 41.5 Å². The molecule has 38 heavy (non-hydrogen) atoms. The highest BCUT2D eigenvalue weighted by Gasteiger charge is 2.35. The van der Waals surface area contributed by atoms with E-state index in [2.05, 4.69) is 55.5 Å². The summed E-state index contributed by atoms with van der Waals surface area (Å²) < 4.78 is 63.1. The summed E-state index contributed by atoms with van der Waals surface area (Å²) in [6.07, 6.45) is 3.73. The lowest BCUT2D eigenvalue weighted by Gasteiger charge is -2.37. The van der Waals surface area contributed by atoms with Crippen molar-refractivity contribution in [2.24, 2.45) is 17.8 Å². The Morgan fingerprint density at radius 2 is 1.37 bits per heavy atom. The number of ether oxygens (including phenoxy) is 2. The molecule has 0 unspecified atom stereocenters. The van der Waals surface area contributed by atoms with Gasteiger partial charge in [-0.15, -0.1) is 0 Å². The molecule has 2 fully saturated rings. The molecule has 2 nitrogen and oxygen atoms in total. The van der Waals surface area contributed by atoms with Gasteiger partial charge in [0.05, 0.1) is 19.3 Å². The summed E-state index contributed by atoms with van der Waals surface area (Å²) >= 11 is 0. The third-order valence-corrected chi connectivity index (χ3v) is 7.99. The smallest absolute Gasteiger partial charge is 0.352 e. The molecule has 1 heterocycles. The second kappa shape index (κ2) is 13.7. The Bertz CT molecular complexity index is 997. The van der Waals surface area contributed by atoms with E-state index in [-0.39, 0.29) is 18.3 Å². The van der Waals surface area contributed by atoms with Crippen LogP contribution in [0.15, 0.2) is 60.4 Å². The largest absolute Gasteiger partial charge is 0.412 e. The summed E-state index contributed by atoms with van der Waals surface area (Å²) in [6, 6.07) is 17.7. The molecule has 0 aromatic heterocycles. The van der Waals surface area contributed by atoms with Gasteiger partial charge in [-0.3, -0.25) is 0 Å². The van der Waals surface area contributed by atoms with Crippen LogP contribution in [0.3, 0.4) is 0 Å². The highest BCUT2D eigenvalue weighted by Crippen LogP contribution is 2.38. The van der Waals surface area contributed by atoms with Gasteiger partial charge in [0.1, 0.15) is 5.83 Å². The van der Waals surface area contributed by atoms with Crippen LogP contribution in [0.1, 0.15) is 69.4 Å². The topological polar surface area (TPSA) is 18.5 Å². The van der Waals surface area contributed by atoms with Gasteiger partial charge in [-0.05, 0) is 73.6 Å². The Hall–Kier alpha value is -2.18. The molecular formula is C32H40F4O2. The zero-order valence-corrected chi connectivity index (χ0v) is 22.3. The van der Waals surface area contributed by atoms with E-state index in [0.29, 0.717) is 44.8 Å². The number of benzene rings is 2. The predicted octanol–water partition coefficient (Wildman–Crippen LogP) is 9.23. The van der Waals surface area contributed by atoms with Gasteiger partial charge in [-0.2, -0.15) is 13.2 Å². The third-order valence-electron chi connectivity index (χ3n) is 7.99. The van der Waals surface area contributed by atoms with Crippen LogP contribution in [0.25, 0.3) is 11.1 Å². The minimum Gasteiger partial charge on any atom is -0.352 e. The molecular weight excluding hydrogens is 492 g/mol. The van der Waals surface area contributed by atoms with Gasteiger partial charge in [-0.25, -0.2) is 4.39 Å². The summed E-state index contributed by atoms with van der Waals surface area (Å²) in [5.41, 5.74) is 5.16. The van der Waals surface area contributed by atoms with E-state index < -0.39 is 17.9 Å². The molecule has 1 saturated heterocycles. The van der Waals surface area contributed by atoms with Gasteiger partial charge in [-0.1, -0.05) is 68.3 Å². The van der Waals surface area contributed by atoms with Crippen molar-refractivity contribution in [2.45, 2.75) is 83.6 Å². The molecule has 0 N–H and O–H groups in total. The van der Waals surface area contributed by atoms with Crippen molar-refractivity contribution in [3.8, 4) is 11.1 Å². The first-order chi connectivity index (χ1) is 18.3. The Labute approximate surface area is 224 Å². The van der Waals surface area contributed by atoms with Crippen molar-refractivity contribution >= 4 is 0 Å². The summed E-state index contributed by atoms with van der Waals surface area (Å²) in [5, 5.41) is 0. The van der Waals surface area contributed by atoms with Gasteiger partial charge in [0.25, 0.3) is 0 Å². The summed E-state index contributed by atoms with van der Waals surface area (Å²) in [6.45, 7) is 3.47. The zero-order valence-electron chi connectivity index (χ0n) is 22.3. The predicted molar refractivity (Wildman–Crippen MR) is 143 cm³/mol. The lowest BCUT2D eigenvalue weighted by Crippen LogP contribution is -2.38. The van der Waals surface area contributed by atoms with Crippen molar-refractivity contribution in [3.63, 3.8) is 0 Å². The number of unbranched alkanes of at least 4 members (excludes halogenated alkanes) is 2. The Morgan fingerprint density at radius 1 is 0.816 bits per heavy atom. The summed E-state index contributed by atoms with van der Waals surface area (Å²) in [4.78, 5) is 0. The minimum atomic E-state index is -4.60. The van der Waals surface area contributed by atoms with Crippen LogP contribution < -0.4 is 0 Å². The minimum absolute atomic E-state index is 0.115. The number of aryl methyl sites for hydroxylation is 2. The van der Waals surface area contributed by atoms with Crippen LogP contribution in [-0.4, -0.2) is 25.7 Å². The van der Waals surface area contributed by atoms with Gasteiger partial charge in [0.2, 0.25) is 0 Å². The maximum absolute atomic E-state index is 13.9. The van der Waals surface area contributed by atoms with Crippen molar-refractivity contribution in [1.82, 2.24) is 0 Å². The molecule has 0 bridgehead atoms. The van der Waals surface area contributed by atoms with Crippen LogP contribution in [0.5, 0.6) is 0 Å². The maximum Gasteiger partial charge on any atom is 0.412 e. The molecule has 2 aliphatic rings. The van der Waals surface area contributed by atoms with E-state index in [0.717, 1.165) is 19.3 Å². The van der Waals surface area contributed by atoms with Crippen molar-refractivity contribution in [3.05, 3.63) is 71.6 Å². The van der Waals surface area contributed by atoms with Crippen molar-refractivity contribution < 1.29 is 27.0 Å². The summed E-state index contributed by atoms with van der Waals surface area (Å²) in [7, 11) is 0. The Kier molecular flexibility index (Phi) is 10.4. The summed E-state index contributed by atoms with van der Waals surface area (Å²) in [5.74, 6) is -1.27. The highest BCUT2D eigenvalue weighted by molar-refractivity contribution is 5.64. The molecule has 6 heteroatoms. The quantitative estimate of drug-likeness (QED) is 0.224. The van der Waals surface area contributed by atoms with Gasteiger partial charge in [0, 0.05) is 17.8 Å². The molecule has 0 spiro atoms. The number of hydrogen-bond donors (Lipinski definition) is 0. The number of halogens is 4. The van der Waals surface area contributed by atoms with Crippen LogP contribution in [0.2, 0.25) is 0 Å². The van der Waals surface area contributed by atoms with E-state index in [1.807, 2.05) is 0 Å². The number of hydrogen-bond acceptors (Lipinski definition) is 2. The second-order valence-electron chi connectivity index (χ2n) is 11.0. The number of allylic oxidation sites excluding steroid dienone is 2. The first kappa shape index (κ1) is 28.8. The van der Waals surface area contributed by atoms with Crippen molar-refractivity contribution in [2.75, 3.05) is 13.2 Å². The molecule has 2 aromatic rings. The van der Waals surface area contributed by atoms with Gasteiger partial charge >= 0.3 is 6.18 Å². The average Bonchev–Trinajstić information content (AvgIpc) is 2.92. The second-order valence-corrected chi connectivity index (χ2v) is 11.0. The monoisotopic (exact) mass is 532 g/mol. The van der Waals surface area contributed by atoms with Crippen LogP contribution >= 0.6 is 0 Å². The first-order valence-electron chi connectivity index (χ1n) is 14.2. The molecule has 0 atom stereocenters. The first-order valence-corrected chi connectivity index (χ1v) is 14.2. The lowest BCUT2D eigenvalue weighted by atomic mass is 9.80. The SMILES string of the molecule is CCCCCc1ccc(-c2ccc(CCC3COC(C4CCC(C(F)=CC(F)(F)F)CC4)OC3)cc2)cc1. The Balaban J connectivity index is 1.17. The van der Waals surface area contributed by atoms with Gasteiger partial charge < -0.3 is 9.47 Å². The fraction of sp³-hybridized carbons (Fsp3) is 0.562. The van der Waals surface area contributed by atoms with E-state index in [9.17, 15) is 17.6 Å². The van der Waals surface area contributed by atoms with E-state index in [4.69, 9.17) is 9.47 Å². The number of rotatable bonds is 10. The van der Waals surface area contributed by atoms with Crippen LogP contribution in [0.4, 0.5) is 17.6 Å². The van der Waals surface area contributed by atoms with Crippen LogP contribution in [-0.2, 0) is 22.3 Å². The average molecular weight is 533 g/mol. The Morgan fingerprint density at radius 3 is 1.89 bits per heavy atom. The fourth-order valence-corrected chi connectivity index (χ4v) is 5.62. The fourth-order valence-electron chi connectivity index (χ4n) is 5.62. The molecule has 208 valence electrons. The highest BCUT2D eigenvalue weighted by atomic mass is 19.4. The van der Waals surface area contributed by atoms with E-state index in [1.54, 1.807) is 0 Å². The standard InChI is InChI=1S/C32H40F4O2/c1-2-3-4-5-23-8-12-26(13-9-23)27-14-10-24(11-15-27)6-7-25-21-37-31(38-22-25)29-18-16-28(17-19-29)30(33)20-32(34,35)36/h8-15,20,25,28-29,31H,2-7,16-19,21-22H2,1H3. The molecule has 4 rings (SSSR count). The molecule has 1 aliphatic heterocycles. The maximum atomic E-state index is 13.9. The van der Waals surface area contributed by atoms with Gasteiger partial charge in [0.15, 0.2) is 6.29 Å². The lowest BCUT2D eigenvalue weighted by molar-refractivity contribution is -0.229.